The number of pyridine rings is 1. The summed E-state index contributed by atoms with van der Waals surface area (Å²) in [5.74, 6) is 0. The summed E-state index contributed by atoms with van der Waals surface area (Å²) in [7, 11) is 0. The van der Waals surface area contributed by atoms with Crippen LogP contribution >= 0.6 is 27.5 Å². The van der Waals surface area contributed by atoms with Crippen LogP contribution in [0.15, 0.2) is 10.8 Å². The summed E-state index contributed by atoms with van der Waals surface area (Å²) in [5, 5.41) is 8.17. The largest absolute Gasteiger partial charge is 0.419 e. The van der Waals surface area contributed by atoms with E-state index in [0.29, 0.717) is 6.20 Å². The maximum absolute atomic E-state index is 12.3. The van der Waals surface area contributed by atoms with E-state index < -0.39 is 17.3 Å². The van der Waals surface area contributed by atoms with Crippen molar-refractivity contribution in [1.82, 2.24) is 4.98 Å². The second kappa shape index (κ2) is 3.75. The number of hydrogen-bond acceptors (Lipinski definition) is 2. The van der Waals surface area contributed by atoms with Crippen molar-refractivity contribution < 1.29 is 13.2 Å². The van der Waals surface area contributed by atoms with Crippen LogP contribution in [0.25, 0.3) is 0 Å². The zero-order valence-electron chi connectivity index (χ0n) is 6.36. The number of hydrogen-bond donors (Lipinski definition) is 0. The predicted octanol–water partition coefficient (Wildman–Crippen LogP) is 3.39. The van der Waals surface area contributed by atoms with Crippen molar-refractivity contribution in [3.8, 4) is 6.07 Å². The minimum absolute atomic E-state index is 0.0173. The highest BCUT2D eigenvalue weighted by molar-refractivity contribution is 9.10. The summed E-state index contributed by atoms with van der Waals surface area (Å²) in [6.07, 6.45) is -4.06. The molecule has 0 aromatic carbocycles. The summed E-state index contributed by atoms with van der Waals surface area (Å²) >= 11 is 8.30. The van der Waals surface area contributed by atoms with Gasteiger partial charge >= 0.3 is 6.18 Å². The topological polar surface area (TPSA) is 36.7 Å². The van der Waals surface area contributed by atoms with Gasteiger partial charge < -0.3 is 0 Å². The van der Waals surface area contributed by atoms with Crippen LogP contribution in [-0.4, -0.2) is 4.98 Å². The van der Waals surface area contributed by atoms with Gasteiger partial charge in [0, 0.05) is 6.20 Å². The van der Waals surface area contributed by atoms with Crippen LogP contribution in [0.3, 0.4) is 0 Å². The van der Waals surface area contributed by atoms with Gasteiger partial charge in [-0.3, -0.25) is 0 Å². The summed E-state index contributed by atoms with van der Waals surface area (Å²) in [5.41, 5.74) is -1.76. The van der Waals surface area contributed by atoms with Gasteiger partial charge in [0.15, 0.2) is 0 Å². The molecular formula is C7HBrClF3N2. The van der Waals surface area contributed by atoms with Crippen LogP contribution in [0.1, 0.15) is 11.1 Å². The third-order valence-electron chi connectivity index (χ3n) is 1.39. The predicted molar refractivity (Wildman–Crippen MR) is 46.7 cm³/mol. The molecule has 14 heavy (non-hydrogen) atoms. The molecule has 0 saturated carbocycles. The quantitative estimate of drug-likeness (QED) is 0.685. The van der Waals surface area contributed by atoms with Crippen LogP contribution < -0.4 is 0 Å². The molecule has 0 bridgehead atoms. The summed E-state index contributed by atoms with van der Waals surface area (Å²) < 4.78 is 36.9. The fourth-order valence-corrected chi connectivity index (χ4v) is 1.28. The Hall–Kier alpha value is -0.800. The first-order chi connectivity index (χ1) is 6.38. The highest BCUT2D eigenvalue weighted by Crippen LogP contribution is 2.36. The van der Waals surface area contributed by atoms with E-state index in [0.717, 1.165) is 0 Å². The van der Waals surface area contributed by atoms with E-state index in [-0.39, 0.29) is 9.63 Å². The van der Waals surface area contributed by atoms with Gasteiger partial charge in [0.05, 0.1) is 16.1 Å². The molecule has 0 aliphatic heterocycles. The Balaban J connectivity index is 3.49. The molecule has 1 heterocycles. The molecule has 0 radical (unpaired) electrons. The minimum Gasteiger partial charge on any atom is -0.247 e. The fourth-order valence-electron chi connectivity index (χ4n) is 0.788. The van der Waals surface area contributed by atoms with Crippen molar-refractivity contribution in [2.75, 3.05) is 0 Å². The monoisotopic (exact) mass is 284 g/mol. The lowest BCUT2D eigenvalue weighted by molar-refractivity contribution is -0.138. The molecule has 0 amide bonds. The van der Waals surface area contributed by atoms with Gasteiger partial charge in [0.25, 0.3) is 0 Å². The molecule has 0 saturated heterocycles. The zero-order chi connectivity index (χ0) is 10.9. The van der Waals surface area contributed by atoms with Gasteiger partial charge in [-0.25, -0.2) is 4.98 Å². The molecule has 1 aromatic heterocycles. The van der Waals surface area contributed by atoms with Crippen LogP contribution in [0.4, 0.5) is 13.2 Å². The lowest BCUT2D eigenvalue weighted by Crippen LogP contribution is -2.09. The molecule has 0 atom stereocenters. The number of halogens is 5. The van der Waals surface area contributed by atoms with Crippen LogP contribution in [0, 0.1) is 11.3 Å². The van der Waals surface area contributed by atoms with Gasteiger partial charge in [-0.1, -0.05) is 11.6 Å². The Labute approximate surface area is 90.4 Å². The molecule has 1 rings (SSSR count). The average Bonchev–Trinajstić information content (AvgIpc) is 2.07. The van der Waals surface area contributed by atoms with Gasteiger partial charge in [0.1, 0.15) is 10.7 Å². The molecule has 0 aliphatic rings. The first-order valence-electron chi connectivity index (χ1n) is 3.19. The van der Waals surface area contributed by atoms with Gasteiger partial charge in [-0.15, -0.1) is 0 Å². The van der Waals surface area contributed by atoms with E-state index in [9.17, 15) is 13.2 Å². The van der Waals surface area contributed by atoms with Crippen molar-refractivity contribution in [3.05, 3.63) is 26.9 Å². The van der Waals surface area contributed by atoms with E-state index in [1.165, 1.54) is 6.07 Å². The fraction of sp³-hybridized carbons (Fsp3) is 0.143. The summed E-state index contributed by atoms with van der Waals surface area (Å²) in [6, 6.07) is 1.39. The van der Waals surface area contributed by atoms with Crippen molar-refractivity contribution in [3.63, 3.8) is 0 Å². The third-order valence-corrected chi connectivity index (χ3v) is 2.59. The van der Waals surface area contributed by atoms with Gasteiger partial charge in [-0.2, -0.15) is 18.4 Å². The molecule has 1 aromatic rings. The SMILES string of the molecule is N#Cc1c(C(F)(F)F)cnc(Br)c1Cl. The standard InChI is InChI=1S/C7HBrClF3N2/c8-6-5(9)3(1-13)4(2-14-6)7(10,11)12/h2H. The maximum Gasteiger partial charge on any atom is 0.419 e. The maximum atomic E-state index is 12.3. The van der Waals surface area contributed by atoms with E-state index in [1.807, 2.05) is 0 Å². The number of rotatable bonds is 0. The van der Waals surface area contributed by atoms with Crippen LogP contribution in [0.5, 0.6) is 0 Å². The molecule has 74 valence electrons. The Bertz CT molecular complexity index is 411. The molecule has 0 spiro atoms. The lowest BCUT2D eigenvalue weighted by Gasteiger charge is -2.09. The van der Waals surface area contributed by atoms with E-state index in [2.05, 4.69) is 20.9 Å². The molecule has 0 fully saturated rings. The number of nitriles is 1. The molecule has 0 N–H and O–H groups in total. The van der Waals surface area contributed by atoms with Crippen LogP contribution in [-0.2, 0) is 6.18 Å². The first-order valence-corrected chi connectivity index (χ1v) is 4.36. The van der Waals surface area contributed by atoms with Crippen LogP contribution in [0.2, 0.25) is 5.02 Å². The lowest BCUT2D eigenvalue weighted by atomic mass is 10.1. The minimum atomic E-state index is -4.62. The normalized spacial score (nSPS) is 11.1. The second-order valence-corrected chi connectivity index (χ2v) is 3.39. The van der Waals surface area contributed by atoms with Crippen molar-refractivity contribution in [1.29, 1.82) is 5.26 Å². The molecule has 0 aliphatic carbocycles. The Morgan fingerprint density at radius 3 is 2.50 bits per heavy atom. The Morgan fingerprint density at radius 2 is 2.07 bits per heavy atom. The number of alkyl halides is 3. The molecule has 2 nitrogen and oxygen atoms in total. The molecule has 0 unspecified atom stereocenters. The first kappa shape index (κ1) is 11.3. The Morgan fingerprint density at radius 1 is 1.50 bits per heavy atom. The second-order valence-electron chi connectivity index (χ2n) is 2.26. The summed E-state index contributed by atoms with van der Waals surface area (Å²) in [6.45, 7) is 0. The number of nitrogens with zero attached hydrogens (tertiary/aromatic N) is 2. The van der Waals surface area contributed by atoms with E-state index in [1.54, 1.807) is 0 Å². The number of aromatic nitrogens is 1. The smallest absolute Gasteiger partial charge is 0.247 e. The van der Waals surface area contributed by atoms with E-state index in [4.69, 9.17) is 16.9 Å². The third kappa shape index (κ3) is 1.99. The van der Waals surface area contributed by atoms with Crippen molar-refractivity contribution in [2.24, 2.45) is 0 Å². The zero-order valence-corrected chi connectivity index (χ0v) is 8.70. The Kier molecular flexibility index (Phi) is 3.02. The average molecular weight is 285 g/mol. The van der Waals surface area contributed by atoms with Crippen molar-refractivity contribution in [2.45, 2.75) is 6.18 Å². The van der Waals surface area contributed by atoms with Gasteiger partial charge in [-0.05, 0) is 15.9 Å². The summed E-state index contributed by atoms with van der Waals surface area (Å²) in [4.78, 5) is 3.37. The highest BCUT2D eigenvalue weighted by Gasteiger charge is 2.35. The van der Waals surface area contributed by atoms with Gasteiger partial charge in [0.2, 0.25) is 0 Å². The van der Waals surface area contributed by atoms with E-state index >= 15 is 0 Å². The highest BCUT2D eigenvalue weighted by atomic mass is 79.9. The van der Waals surface area contributed by atoms with Crippen molar-refractivity contribution >= 4 is 27.5 Å². The molecular weight excluding hydrogens is 284 g/mol. The molecule has 7 heteroatoms.